The van der Waals surface area contributed by atoms with Crippen molar-refractivity contribution >= 4 is 11.6 Å². The summed E-state index contributed by atoms with van der Waals surface area (Å²) in [7, 11) is 0. The molecule has 114 valence electrons. The van der Waals surface area contributed by atoms with Crippen molar-refractivity contribution in [2.24, 2.45) is 0 Å². The molecule has 3 rings (SSSR count). The van der Waals surface area contributed by atoms with Crippen LogP contribution in [-0.4, -0.2) is 47.1 Å². The highest BCUT2D eigenvalue weighted by Crippen LogP contribution is 2.23. The molecule has 1 aromatic carbocycles. The zero-order chi connectivity index (χ0) is 15.5. The number of carbonyl (C=O) groups is 1. The second-order valence-corrected chi connectivity index (χ2v) is 5.12. The molecule has 1 saturated heterocycles. The first-order valence-corrected chi connectivity index (χ1v) is 7.08. The molecule has 6 heteroatoms. The number of piperazine rings is 1. The molecule has 1 aliphatic rings. The Morgan fingerprint density at radius 1 is 1.09 bits per heavy atom. The molecule has 0 aliphatic carbocycles. The number of rotatable bonds is 2. The molecule has 2 heterocycles. The van der Waals surface area contributed by atoms with Crippen molar-refractivity contribution in [2.45, 2.75) is 0 Å². The van der Waals surface area contributed by atoms with Gasteiger partial charge in [0.1, 0.15) is 17.1 Å². The fraction of sp³-hybridized carbons (Fsp3) is 0.250. The first-order chi connectivity index (χ1) is 10.7. The molecule has 2 aromatic rings. The molecule has 1 N–H and O–H groups in total. The average molecular weight is 301 g/mol. The number of hydrogen-bond donors (Lipinski definition) is 1. The summed E-state index contributed by atoms with van der Waals surface area (Å²) in [6.07, 6.45) is 3.45. The van der Waals surface area contributed by atoms with Gasteiger partial charge in [-0.3, -0.25) is 9.78 Å². The van der Waals surface area contributed by atoms with Crippen LogP contribution in [0.15, 0.2) is 42.7 Å². The van der Waals surface area contributed by atoms with E-state index in [-0.39, 0.29) is 11.3 Å². The maximum absolute atomic E-state index is 13.8. The van der Waals surface area contributed by atoms with E-state index in [1.54, 1.807) is 17.3 Å². The molecule has 0 unspecified atom stereocenters. The number of anilines is 1. The zero-order valence-electron chi connectivity index (χ0n) is 11.9. The third-order valence-electron chi connectivity index (χ3n) is 3.80. The van der Waals surface area contributed by atoms with Crippen molar-refractivity contribution in [2.75, 3.05) is 31.1 Å². The molecule has 1 fully saturated rings. The third-order valence-corrected chi connectivity index (χ3v) is 3.80. The zero-order valence-corrected chi connectivity index (χ0v) is 11.9. The minimum absolute atomic E-state index is 0.250. The van der Waals surface area contributed by atoms with Crippen molar-refractivity contribution in [3.05, 3.63) is 54.1 Å². The number of halogens is 1. The van der Waals surface area contributed by atoms with E-state index < -0.39 is 11.7 Å². The van der Waals surface area contributed by atoms with Gasteiger partial charge >= 0.3 is 0 Å². The van der Waals surface area contributed by atoms with Crippen LogP contribution < -0.4 is 4.90 Å². The highest BCUT2D eigenvalue weighted by atomic mass is 19.1. The Kier molecular flexibility index (Phi) is 3.91. The molecular formula is C16H16FN3O2. The maximum atomic E-state index is 13.8. The number of phenolic OH excluding ortho intramolecular Hbond substituents is 1. The largest absolute Gasteiger partial charge is 0.507 e. The van der Waals surface area contributed by atoms with Crippen molar-refractivity contribution in [3.8, 4) is 5.75 Å². The quantitative estimate of drug-likeness (QED) is 0.920. The first kappa shape index (κ1) is 14.3. The van der Waals surface area contributed by atoms with E-state index in [1.807, 2.05) is 12.1 Å². The Morgan fingerprint density at radius 3 is 2.41 bits per heavy atom. The Morgan fingerprint density at radius 2 is 1.77 bits per heavy atom. The van der Waals surface area contributed by atoms with Gasteiger partial charge in [-0.25, -0.2) is 4.39 Å². The van der Waals surface area contributed by atoms with Gasteiger partial charge < -0.3 is 14.9 Å². The molecule has 1 aliphatic heterocycles. The van der Waals surface area contributed by atoms with Crippen molar-refractivity contribution in [1.82, 2.24) is 9.88 Å². The number of phenols is 1. The van der Waals surface area contributed by atoms with Gasteiger partial charge in [0.2, 0.25) is 0 Å². The van der Waals surface area contributed by atoms with Crippen LogP contribution in [0, 0.1) is 5.82 Å². The highest BCUT2D eigenvalue weighted by molar-refractivity contribution is 5.97. The number of aromatic nitrogens is 1. The lowest BCUT2D eigenvalue weighted by Gasteiger charge is -2.36. The van der Waals surface area contributed by atoms with Crippen LogP contribution in [0.4, 0.5) is 10.1 Å². The van der Waals surface area contributed by atoms with Gasteiger partial charge in [-0.2, -0.15) is 0 Å². The summed E-state index contributed by atoms with van der Waals surface area (Å²) < 4.78 is 13.8. The van der Waals surface area contributed by atoms with E-state index in [9.17, 15) is 14.3 Å². The molecule has 0 radical (unpaired) electrons. The third kappa shape index (κ3) is 2.72. The monoisotopic (exact) mass is 301 g/mol. The summed E-state index contributed by atoms with van der Waals surface area (Å²) in [5.41, 5.74) is 0.802. The van der Waals surface area contributed by atoms with Gasteiger partial charge in [-0.15, -0.1) is 0 Å². The second-order valence-electron chi connectivity index (χ2n) is 5.12. The summed E-state index contributed by atoms with van der Waals surface area (Å²) in [5.74, 6) is -1.48. The smallest absolute Gasteiger partial charge is 0.260 e. The maximum Gasteiger partial charge on any atom is 0.260 e. The molecule has 0 bridgehead atoms. The Bertz CT molecular complexity index is 650. The van der Waals surface area contributed by atoms with E-state index in [0.29, 0.717) is 26.2 Å². The molecule has 5 nitrogen and oxygen atoms in total. The normalized spacial score (nSPS) is 15.0. The number of amides is 1. The molecule has 1 amide bonds. The van der Waals surface area contributed by atoms with Crippen LogP contribution >= 0.6 is 0 Å². The van der Waals surface area contributed by atoms with Gasteiger partial charge in [0.15, 0.2) is 0 Å². The van der Waals surface area contributed by atoms with E-state index in [2.05, 4.69) is 9.88 Å². The SMILES string of the molecule is O=C(c1c(O)cccc1F)N1CCN(c2ccncc2)CC1. The molecule has 0 atom stereocenters. The van der Waals surface area contributed by atoms with Gasteiger partial charge in [0, 0.05) is 44.3 Å². The van der Waals surface area contributed by atoms with E-state index in [4.69, 9.17) is 0 Å². The summed E-state index contributed by atoms with van der Waals surface area (Å²) in [6, 6.07) is 7.72. The van der Waals surface area contributed by atoms with Gasteiger partial charge in [0.05, 0.1) is 0 Å². The van der Waals surface area contributed by atoms with Crippen LogP contribution in [0.5, 0.6) is 5.75 Å². The summed E-state index contributed by atoms with van der Waals surface area (Å²) in [6.45, 7) is 2.28. The van der Waals surface area contributed by atoms with Gasteiger partial charge in [0.25, 0.3) is 5.91 Å². The highest BCUT2D eigenvalue weighted by Gasteiger charge is 2.26. The van der Waals surface area contributed by atoms with Crippen molar-refractivity contribution < 1.29 is 14.3 Å². The van der Waals surface area contributed by atoms with Crippen LogP contribution in [-0.2, 0) is 0 Å². The Hall–Kier alpha value is -2.63. The standard InChI is InChI=1S/C16H16FN3O2/c17-13-2-1-3-14(21)15(13)16(22)20-10-8-19(9-11-20)12-4-6-18-7-5-12/h1-7,21H,8-11H2. The van der Waals surface area contributed by atoms with Crippen LogP contribution in [0.1, 0.15) is 10.4 Å². The topological polar surface area (TPSA) is 56.7 Å². The number of pyridine rings is 1. The van der Waals surface area contributed by atoms with Crippen molar-refractivity contribution in [3.63, 3.8) is 0 Å². The number of benzene rings is 1. The molecular weight excluding hydrogens is 285 g/mol. The number of hydrogen-bond acceptors (Lipinski definition) is 4. The average Bonchev–Trinajstić information content (AvgIpc) is 2.55. The molecule has 22 heavy (non-hydrogen) atoms. The van der Waals surface area contributed by atoms with Gasteiger partial charge in [-0.05, 0) is 24.3 Å². The second kappa shape index (κ2) is 6.01. The minimum Gasteiger partial charge on any atom is -0.507 e. The summed E-state index contributed by atoms with van der Waals surface area (Å²) >= 11 is 0. The molecule has 1 aromatic heterocycles. The molecule has 0 saturated carbocycles. The molecule has 0 spiro atoms. The van der Waals surface area contributed by atoms with E-state index in [0.717, 1.165) is 5.69 Å². The van der Waals surface area contributed by atoms with Gasteiger partial charge in [-0.1, -0.05) is 6.07 Å². The van der Waals surface area contributed by atoms with E-state index in [1.165, 1.54) is 18.2 Å². The number of aromatic hydroxyl groups is 1. The van der Waals surface area contributed by atoms with Crippen LogP contribution in [0.3, 0.4) is 0 Å². The van der Waals surface area contributed by atoms with Crippen LogP contribution in [0.2, 0.25) is 0 Å². The minimum atomic E-state index is -0.693. The Labute approximate surface area is 127 Å². The lowest BCUT2D eigenvalue weighted by atomic mass is 10.1. The fourth-order valence-corrected chi connectivity index (χ4v) is 2.61. The first-order valence-electron chi connectivity index (χ1n) is 7.08. The predicted molar refractivity (Wildman–Crippen MR) is 80.4 cm³/mol. The lowest BCUT2D eigenvalue weighted by molar-refractivity contribution is 0.0739. The number of nitrogens with zero attached hydrogens (tertiary/aromatic N) is 3. The summed E-state index contributed by atoms with van der Waals surface area (Å²) in [5, 5.41) is 9.72. The van der Waals surface area contributed by atoms with E-state index >= 15 is 0 Å². The summed E-state index contributed by atoms with van der Waals surface area (Å²) in [4.78, 5) is 20.1. The van der Waals surface area contributed by atoms with Crippen molar-refractivity contribution in [1.29, 1.82) is 0 Å². The predicted octanol–water partition coefficient (Wildman–Crippen LogP) is 1.89. The fourth-order valence-electron chi connectivity index (χ4n) is 2.61. The lowest BCUT2D eigenvalue weighted by Crippen LogP contribution is -2.49. The van der Waals surface area contributed by atoms with Crippen LogP contribution in [0.25, 0.3) is 0 Å². The number of carbonyl (C=O) groups excluding carboxylic acids is 1. The Balaban J connectivity index is 1.70.